The normalized spacial score (nSPS) is 17.1. The number of rotatable bonds is 5. The molecule has 2 aromatic rings. The average molecular weight is 364 g/mol. The summed E-state index contributed by atoms with van der Waals surface area (Å²) in [5.41, 5.74) is 1.01. The lowest BCUT2D eigenvalue weighted by Gasteiger charge is -2.17. The zero-order chi connectivity index (χ0) is 16.9. The van der Waals surface area contributed by atoms with Crippen LogP contribution >= 0.6 is 23.2 Å². The van der Waals surface area contributed by atoms with Crippen LogP contribution in [0.15, 0.2) is 42.6 Å². The highest BCUT2D eigenvalue weighted by Gasteiger charge is 2.24. The number of amides is 1. The summed E-state index contributed by atoms with van der Waals surface area (Å²) in [4.78, 5) is 18.7. The van der Waals surface area contributed by atoms with Crippen LogP contribution in [0.3, 0.4) is 0 Å². The molecule has 0 saturated carbocycles. The molecule has 1 atom stereocenters. The van der Waals surface area contributed by atoms with Crippen molar-refractivity contribution in [3.05, 3.63) is 58.2 Å². The fourth-order valence-electron chi connectivity index (χ4n) is 2.88. The zero-order valence-corrected chi connectivity index (χ0v) is 14.7. The second kappa shape index (κ2) is 7.86. The Bertz CT molecular complexity index is 709. The van der Waals surface area contributed by atoms with Crippen molar-refractivity contribution in [2.45, 2.75) is 25.3 Å². The van der Waals surface area contributed by atoms with Gasteiger partial charge in [0.1, 0.15) is 5.82 Å². The Morgan fingerprint density at radius 2 is 2.12 bits per heavy atom. The van der Waals surface area contributed by atoms with E-state index in [1.54, 1.807) is 12.3 Å². The van der Waals surface area contributed by atoms with Crippen LogP contribution in [0.25, 0.3) is 0 Å². The molecule has 24 heavy (non-hydrogen) atoms. The third-order valence-electron chi connectivity index (χ3n) is 4.15. The molecule has 0 spiro atoms. The fraction of sp³-hybridized carbons (Fsp3) is 0.333. The van der Waals surface area contributed by atoms with Gasteiger partial charge >= 0.3 is 0 Å². The van der Waals surface area contributed by atoms with Crippen molar-refractivity contribution < 1.29 is 4.79 Å². The number of anilines is 1. The van der Waals surface area contributed by atoms with E-state index in [-0.39, 0.29) is 11.9 Å². The Kier molecular flexibility index (Phi) is 5.59. The number of halogens is 2. The molecule has 6 heteroatoms. The molecule has 4 nitrogen and oxygen atoms in total. The largest absolute Gasteiger partial charge is 0.354 e. The maximum Gasteiger partial charge on any atom is 0.220 e. The topological polar surface area (TPSA) is 45.2 Å². The third-order valence-corrected chi connectivity index (χ3v) is 4.89. The van der Waals surface area contributed by atoms with Crippen molar-refractivity contribution >= 4 is 34.9 Å². The van der Waals surface area contributed by atoms with Gasteiger partial charge in [0.15, 0.2) is 0 Å². The smallest absolute Gasteiger partial charge is 0.220 e. The van der Waals surface area contributed by atoms with E-state index in [4.69, 9.17) is 23.2 Å². The van der Waals surface area contributed by atoms with Crippen LogP contribution in [0.1, 0.15) is 18.4 Å². The summed E-state index contributed by atoms with van der Waals surface area (Å²) in [5.74, 6) is 1.03. The predicted octanol–water partition coefficient (Wildman–Crippen LogP) is 3.72. The highest BCUT2D eigenvalue weighted by atomic mass is 35.5. The van der Waals surface area contributed by atoms with Gasteiger partial charge in [-0.25, -0.2) is 4.98 Å². The molecular formula is C18H19Cl2N3O. The van der Waals surface area contributed by atoms with Gasteiger partial charge < -0.3 is 10.2 Å². The minimum absolute atomic E-state index is 0.0638. The van der Waals surface area contributed by atoms with E-state index in [0.29, 0.717) is 22.9 Å². The Morgan fingerprint density at radius 1 is 1.25 bits per heavy atom. The number of carbonyl (C=O) groups excluding carboxylic acids is 1. The summed E-state index contributed by atoms with van der Waals surface area (Å²) in [7, 11) is 0. The number of benzene rings is 1. The molecule has 2 heterocycles. The fourth-order valence-corrected chi connectivity index (χ4v) is 3.20. The van der Waals surface area contributed by atoms with Crippen molar-refractivity contribution in [2.24, 2.45) is 0 Å². The van der Waals surface area contributed by atoms with Gasteiger partial charge in [0, 0.05) is 31.7 Å². The zero-order valence-electron chi connectivity index (χ0n) is 13.2. The molecule has 1 aromatic heterocycles. The van der Waals surface area contributed by atoms with Crippen molar-refractivity contribution in [3.8, 4) is 0 Å². The number of pyridine rings is 1. The maximum atomic E-state index is 12.2. The third kappa shape index (κ3) is 4.40. The van der Waals surface area contributed by atoms with Crippen LogP contribution in [0.5, 0.6) is 0 Å². The van der Waals surface area contributed by atoms with Gasteiger partial charge in [0.2, 0.25) is 5.91 Å². The molecule has 1 aliphatic rings. The number of hydrogen-bond donors (Lipinski definition) is 1. The number of hydrogen-bond acceptors (Lipinski definition) is 3. The maximum absolute atomic E-state index is 12.2. The second-order valence-corrected chi connectivity index (χ2v) is 6.75. The molecule has 1 aliphatic heterocycles. The van der Waals surface area contributed by atoms with Gasteiger partial charge in [-0.2, -0.15) is 0 Å². The first-order valence-electron chi connectivity index (χ1n) is 8.01. The van der Waals surface area contributed by atoms with Crippen LogP contribution in [-0.4, -0.2) is 30.0 Å². The lowest BCUT2D eigenvalue weighted by atomic mass is 10.1. The van der Waals surface area contributed by atoms with Gasteiger partial charge in [-0.05, 0) is 42.7 Å². The molecule has 126 valence electrons. The molecule has 1 fully saturated rings. The minimum Gasteiger partial charge on any atom is -0.354 e. The Hall–Kier alpha value is -1.78. The molecule has 0 aliphatic carbocycles. The number of aromatic nitrogens is 1. The summed E-state index contributed by atoms with van der Waals surface area (Å²) < 4.78 is 0. The molecule has 1 saturated heterocycles. The van der Waals surface area contributed by atoms with Gasteiger partial charge in [0.25, 0.3) is 0 Å². The van der Waals surface area contributed by atoms with Crippen molar-refractivity contribution in [3.63, 3.8) is 0 Å². The first-order chi connectivity index (χ1) is 11.6. The number of nitrogens with zero attached hydrogens (tertiary/aromatic N) is 2. The van der Waals surface area contributed by atoms with E-state index in [2.05, 4.69) is 15.2 Å². The van der Waals surface area contributed by atoms with Crippen LogP contribution in [0.2, 0.25) is 10.0 Å². The molecule has 0 radical (unpaired) electrons. The lowest BCUT2D eigenvalue weighted by molar-refractivity contribution is -0.121. The second-order valence-electron chi connectivity index (χ2n) is 5.94. The van der Waals surface area contributed by atoms with Gasteiger partial charge in [-0.3, -0.25) is 4.79 Å². The van der Waals surface area contributed by atoms with Crippen molar-refractivity contribution in [1.29, 1.82) is 0 Å². The number of carbonyl (C=O) groups is 1. The molecule has 3 rings (SSSR count). The van der Waals surface area contributed by atoms with Gasteiger partial charge in [-0.15, -0.1) is 0 Å². The van der Waals surface area contributed by atoms with Crippen LogP contribution < -0.4 is 10.2 Å². The highest BCUT2D eigenvalue weighted by Crippen LogP contribution is 2.23. The summed E-state index contributed by atoms with van der Waals surface area (Å²) in [6.45, 7) is 1.71. The highest BCUT2D eigenvalue weighted by molar-refractivity contribution is 6.42. The van der Waals surface area contributed by atoms with E-state index in [9.17, 15) is 4.79 Å². The first-order valence-corrected chi connectivity index (χ1v) is 8.76. The Labute approximate surface area is 151 Å². The molecule has 1 amide bonds. The molecule has 0 bridgehead atoms. The summed E-state index contributed by atoms with van der Waals surface area (Å²) in [6.07, 6.45) is 3.82. The molecule has 1 N–H and O–H groups in total. The lowest BCUT2D eigenvalue weighted by Crippen LogP contribution is -2.37. The van der Waals surface area contributed by atoms with E-state index >= 15 is 0 Å². The minimum atomic E-state index is 0.0638. The standard InChI is InChI=1S/C18H19Cl2N3O/c19-15-6-4-13(11-16(15)20)5-7-18(24)22-14-8-10-23(12-14)17-3-1-2-9-21-17/h1-4,6,9,11,14H,5,7-8,10,12H2,(H,22,24). The molecular weight excluding hydrogens is 345 g/mol. The average Bonchev–Trinajstić information content (AvgIpc) is 3.05. The van der Waals surface area contributed by atoms with E-state index in [0.717, 1.165) is 30.9 Å². The first kappa shape index (κ1) is 17.1. The Morgan fingerprint density at radius 3 is 2.88 bits per heavy atom. The van der Waals surface area contributed by atoms with Gasteiger partial charge in [0.05, 0.1) is 10.0 Å². The summed E-state index contributed by atoms with van der Waals surface area (Å²) in [6, 6.07) is 11.5. The van der Waals surface area contributed by atoms with E-state index in [1.807, 2.05) is 30.3 Å². The van der Waals surface area contributed by atoms with Crippen LogP contribution in [-0.2, 0) is 11.2 Å². The number of nitrogens with one attached hydrogen (secondary N) is 1. The summed E-state index contributed by atoms with van der Waals surface area (Å²) >= 11 is 11.9. The molecule has 1 unspecified atom stereocenters. The van der Waals surface area contributed by atoms with Crippen LogP contribution in [0, 0.1) is 0 Å². The van der Waals surface area contributed by atoms with Gasteiger partial charge in [-0.1, -0.05) is 35.3 Å². The predicted molar refractivity (Wildman–Crippen MR) is 97.8 cm³/mol. The Balaban J connectivity index is 1.46. The van der Waals surface area contributed by atoms with E-state index in [1.165, 1.54) is 0 Å². The van der Waals surface area contributed by atoms with E-state index < -0.39 is 0 Å². The van der Waals surface area contributed by atoms with Crippen molar-refractivity contribution in [1.82, 2.24) is 10.3 Å². The molecule has 1 aromatic carbocycles. The quantitative estimate of drug-likeness (QED) is 0.880. The van der Waals surface area contributed by atoms with Crippen LogP contribution in [0.4, 0.5) is 5.82 Å². The summed E-state index contributed by atoms with van der Waals surface area (Å²) in [5, 5.41) is 4.16. The van der Waals surface area contributed by atoms with Crippen molar-refractivity contribution in [2.75, 3.05) is 18.0 Å². The number of aryl methyl sites for hydroxylation is 1. The monoisotopic (exact) mass is 363 g/mol. The SMILES string of the molecule is O=C(CCc1ccc(Cl)c(Cl)c1)NC1CCN(c2ccccn2)C1.